The molecular weight excluding hydrogens is 402 g/mol. The van der Waals surface area contributed by atoms with Crippen LogP contribution in [0.5, 0.6) is 0 Å². The molecule has 31 heavy (non-hydrogen) atoms. The van der Waals surface area contributed by atoms with Crippen LogP contribution in [0, 0.1) is 0 Å². The molecule has 2 rings (SSSR count). The number of anilines is 1. The number of hydrogen-bond acceptors (Lipinski definition) is 5. The number of aliphatic carboxylic acids is 2. The van der Waals surface area contributed by atoms with Crippen LogP contribution in [-0.2, 0) is 14.4 Å². The Morgan fingerprint density at radius 2 is 1.58 bits per heavy atom. The molecule has 0 radical (unpaired) electrons. The van der Waals surface area contributed by atoms with Gasteiger partial charge in [0, 0.05) is 25.3 Å². The van der Waals surface area contributed by atoms with Crippen molar-refractivity contribution in [3.63, 3.8) is 0 Å². The van der Waals surface area contributed by atoms with Crippen LogP contribution in [0.25, 0.3) is 6.08 Å². The smallest absolute Gasteiger partial charge is 0.326 e. The van der Waals surface area contributed by atoms with Crippen LogP contribution in [0.3, 0.4) is 0 Å². The number of amides is 2. The molecule has 2 aromatic carbocycles. The third-order valence-electron chi connectivity index (χ3n) is 4.23. The largest absolute Gasteiger partial charge is 0.481 e. The van der Waals surface area contributed by atoms with E-state index in [-0.39, 0.29) is 5.70 Å². The van der Waals surface area contributed by atoms with Crippen molar-refractivity contribution in [2.75, 3.05) is 19.0 Å². The molecule has 0 heterocycles. The van der Waals surface area contributed by atoms with Gasteiger partial charge in [-0.3, -0.25) is 14.4 Å². The average molecular weight is 425 g/mol. The Labute approximate surface area is 179 Å². The summed E-state index contributed by atoms with van der Waals surface area (Å²) in [5.41, 5.74) is 1.57. The van der Waals surface area contributed by atoms with Crippen LogP contribution in [0.2, 0.25) is 0 Å². The Balaban J connectivity index is 2.33. The molecule has 162 valence electrons. The molecule has 0 saturated carbocycles. The molecule has 0 aliphatic carbocycles. The van der Waals surface area contributed by atoms with Crippen LogP contribution < -0.4 is 15.5 Å². The van der Waals surface area contributed by atoms with Gasteiger partial charge in [-0.1, -0.05) is 30.3 Å². The Kier molecular flexibility index (Phi) is 7.90. The number of carbonyl (C=O) groups is 4. The van der Waals surface area contributed by atoms with E-state index in [1.807, 2.05) is 31.1 Å². The fraction of sp³-hybridized carbons (Fsp3) is 0.182. The lowest BCUT2D eigenvalue weighted by molar-refractivity contribution is -0.146. The zero-order valence-corrected chi connectivity index (χ0v) is 17.0. The quantitative estimate of drug-likeness (QED) is 0.448. The van der Waals surface area contributed by atoms with Crippen molar-refractivity contribution in [1.29, 1.82) is 0 Å². The van der Waals surface area contributed by atoms with Crippen molar-refractivity contribution >= 4 is 35.5 Å². The second-order valence-electron chi connectivity index (χ2n) is 6.83. The van der Waals surface area contributed by atoms with E-state index in [9.17, 15) is 24.3 Å². The number of hydrogen-bond donors (Lipinski definition) is 4. The van der Waals surface area contributed by atoms with Gasteiger partial charge >= 0.3 is 11.9 Å². The maximum absolute atomic E-state index is 12.7. The molecule has 0 bridgehead atoms. The molecule has 9 nitrogen and oxygen atoms in total. The van der Waals surface area contributed by atoms with Crippen molar-refractivity contribution in [2.24, 2.45) is 0 Å². The molecule has 0 fully saturated rings. The molecule has 0 aliphatic heterocycles. The SMILES string of the molecule is CN(C)c1ccc(/C=C(/NC(=O)c2ccccc2)C(=O)NC(CC(=O)O)C(=O)O)cc1. The van der Waals surface area contributed by atoms with Crippen LogP contribution in [0.4, 0.5) is 5.69 Å². The van der Waals surface area contributed by atoms with Crippen molar-refractivity contribution < 1.29 is 29.4 Å². The second-order valence-corrected chi connectivity index (χ2v) is 6.83. The summed E-state index contributed by atoms with van der Waals surface area (Å²) in [5, 5.41) is 22.7. The molecule has 1 unspecified atom stereocenters. The lowest BCUT2D eigenvalue weighted by Gasteiger charge is -2.16. The molecule has 9 heteroatoms. The van der Waals surface area contributed by atoms with E-state index in [0.717, 1.165) is 5.69 Å². The van der Waals surface area contributed by atoms with E-state index in [2.05, 4.69) is 10.6 Å². The van der Waals surface area contributed by atoms with Crippen LogP contribution in [0.15, 0.2) is 60.3 Å². The maximum atomic E-state index is 12.7. The molecule has 0 aromatic heterocycles. The molecule has 2 aromatic rings. The number of benzene rings is 2. The second kappa shape index (κ2) is 10.6. The summed E-state index contributed by atoms with van der Waals surface area (Å²) >= 11 is 0. The average Bonchev–Trinajstić information content (AvgIpc) is 2.73. The Bertz CT molecular complexity index is 984. The third kappa shape index (κ3) is 7.00. The van der Waals surface area contributed by atoms with Gasteiger partial charge < -0.3 is 25.7 Å². The summed E-state index contributed by atoms with van der Waals surface area (Å²) in [6.45, 7) is 0. The fourth-order valence-electron chi connectivity index (χ4n) is 2.59. The predicted octanol–water partition coefficient (Wildman–Crippen LogP) is 1.57. The van der Waals surface area contributed by atoms with Gasteiger partial charge in [0.15, 0.2) is 0 Å². The van der Waals surface area contributed by atoms with Crippen LogP contribution in [-0.4, -0.2) is 54.1 Å². The first-order chi connectivity index (χ1) is 14.7. The van der Waals surface area contributed by atoms with Gasteiger partial charge in [0.05, 0.1) is 6.42 Å². The van der Waals surface area contributed by atoms with Crippen molar-refractivity contribution in [1.82, 2.24) is 10.6 Å². The predicted molar refractivity (Wildman–Crippen MR) is 114 cm³/mol. The monoisotopic (exact) mass is 425 g/mol. The molecular formula is C22H23N3O6. The van der Waals surface area contributed by atoms with E-state index in [4.69, 9.17) is 5.11 Å². The Hall–Kier alpha value is -4.14. The van der Waals surface area contributed by atoms with E-state index < -0.39 is 36.2 Å². The summed E-state index contributed by atoms with van der Waals surface area (Å²) in [6, 6.07) is 13.6. The van der Waals surface area contributed by atoms with Crippen molar-refractivity contribution in [3.05, 3.63) is 71.4 Å². The Morgan fingerprint density at radius 3 is 2.10 bits per heavy atom. The molecule has 1 atom stereocenters. The zero-order valence-electron chi connectivity index (χ0n) is 17.0. The first-order valence-corrected chi connectivity index (χ1v) is 9.28. The van der Waals surface area contributed by atoms with Gasteiger partial charge in [-0.2, -0.15) is 0 Å². The number of carbonyl (C=O) groups excluding carboxylic acids is 2. The van der Waals surface area contributed by atoms with Crippen molar-refractivity contribution in [3.8, 4) is 0 Å². The molecule has 0 spiro atoms. The minimum absolute atomic E-state index is 0.219. The summed E-state index contributed by atoms with van der Waals surface area (Å²) < 4.78 is 0. The summed E-state index contributed by atoms with van der Waals surface area (Å²) in [6.07, 6.45) is 0.577. The summed E-state index contributed by atoms with van der Waals surface area (Å²) in [5.74, 6) is -4.38. The highest BCUT2D eigenvalue weighted by Gasteiger charge is 2.25. The number of rotatable bonds is 9. The highest BCUT2D eigenvalue weighted by Crippen LogP contribution is 2.15. The van der Waals surface area contributed by atoms with Gasteiger partial charge in [-0.25, -0.2) is 4.79 Å². The van der Waals surface area contributed by atoms with Gasteiger partial charge in [0.2, 0.25) is 0 Å². The lowest BCUT2D eigenvalue weighted by atomic mass is 10.1. The number of nitrogens with zero attached hydrogens (tertiary/aromatic N) is 1. The maximum Gasteiger partial charge on any atom is 0.326 e. The van der Waals surface area contributed by atoms with Crippen LogP contribution in [0.1, 0.15) is 22.3 Å². The lowest BCUT2D eigenvalue weighted by Crippen LogP contribution is -2.45. The minimum Gasteiger partial charge on any atom is -0.481 e. The van der Waals surface area contributed by atoms with Gasteiger partial charge in [0.25, 0.3) is 11.8 Å². The Morgan fingerprint density at radius 1 is 0.968 bits per heavy atom. The third-order valence-corrected chi connectivity index (χ3v) is 4.23. The number of nitrogens with one attached hydrogen (secondary N) is 2. The number of carboxylic acids is 2. The fourth-order valence-corrected chi connectivity index (χ4v) is 2.59. The van der Waals surface area contributed by atoms with Gasteiger partial charge in [0.1, 0.15) is 11.7 Å². The molecule has 0 aliphatic rings. The van der Waals surface area contributed by atoms with E-state index >= 15 is 0 Å². The first kappa shape index (κ1) is 23.1. The van der Waals surface area contributed by atoms with Gasteiger partial charge in [-0.05, 0) is 35.9 Å². The molecule has 2 amide bonds. The molecule has 0 saturated heterocycles. The first-order valence-electron chi connectivity index (χ1n) is 9.28. The van der Waals surface area contributed by atoms with Gasteiger partial charge in [-0.15, -0.1) is 0 Å². The van der Waals surface area contributed by atoms with Crippen LogP contribution >= 0.6 is 0 Å². The van der Waals surface area contributed by atoms with E-state index in [0.29, 0.717) is 11.1 Å². The highest BCUT2D eigenvalue weighted by atomic mass is 16.4. The van der Waals surface area contributed by atoms with E-state index in [1.54, 1.807) is 42.5 Å². The minimum atomic E-state index is -1.65. The number of carboxylic acid groups (broad SMARTS) is 2. The highest BCUT2D eigenvalue weighted by molar-refractivity contribution is 6.06. The standard InChI is InChI=1S/C22H23N3O6/c1-25(2)16-10-8-14(9-11-16)12-17(23-20(28)15-6-4-3-5-7-15)21(29)24-18(22(30)31)13-19(26)27/h3-12,18H,13H2,1-2H3,(H,23,28)(H,24,29)(H,26,27)(H,30,31)/b17-12+. The molecule has 4 N–H and O–H groups in total. The van der Waals surface area contributed by atoms with E-state index in [1.165, 1.54) is 6.08 Å². The van der Waals surface area contributed by atoms with Crippen molar-refractivity contribution in [2.45, 2.75) is 12.5 Å². The normalized spacial score (nSPS) is 11.9. The summed E-state index contributed by atoms with van der Waals surface area (Å²) in [7, 11) is 3.75. The summed E-state index contributed by atoms with van der Waals surface area (Å²) in [4.78, 5) is 49.4. The topological polar surface area (TPSA) is 136 Å². The zero-order chi connectivity index (χ0) is 23.0.